The number of hydrogen-bond acceptors (Lipinski definition) is 4. The number of amides is 1. The van der Waals surface area contributed by atoms with Gasteiger partial charge in [-0.2, -0.15) is 4.80 Å². The van der Waals surface area contributed by atoms with Crippen LogP contribution < -0.4 is 5.32 Å². The van der Waals surface area contributed by atoms with Crippen molar-refractivity contribution in [3.63, 3.8) is 0 Å². The average Bonchev–Trinajstić information content (AvgIpc) is 3.11. The minimum Gasteiger partial charge on any atom is -0.354 e. The molecule has 0 radical (unpaired) electrons. The van der Waals surface area contributed by atoms with Gasteiger partial charge in [0, 0.05) is 12.1 Å². The summed E-state index contributed by atoms with van der Waals surface area (Å²) in [4.78, 5) is 13.4. The largest absolute Gasteiger partial charge is 0.354 e. The van der Waals surface area contributed by atoms with Crippen LogP contribution in [0.3, 0.4) is 0 Å². The van der Waals surface area contributed by atoms with Crippen LogP contribution in [0.2, 0.25) is 0 Å². The van der Waals surface area contributed by atoms with Crippen LogP contribution in [0.25, 0.3) is 11.4 Å². The van der Waals surface area contributed by atoms with Gasteiger partial charge in [0.1, 0.15) is 6.54 Å². The number of nitrogens with one attached hydrogen (secondary N) is 1. The monoisotopic (exact) mass is 349 g/mol. The Balaban J connectivity index is 1.46. The second-order valence-electron chi connectivity index (χ2n) is 6.51. The maximum atomic E-state index is 12.1. The second kappa shape index (κ2) is 8.38. The normalized spacial score (nSPS) is 10.9. The van der Waals surface area contributed by atoms with Gasteiger partial charge in [-0.1, -0.05) is 68.4 Å². The number of tetrazole rings is 1. The third-order valence-electron chi connectivity index (χ3n) is 4.15. The van der Waals surface area contributed by atoms with Gasteiger partial charge in [0.2, 0.25) is 11.7 Å². The van der Waals surface area contributed by atoms with Crippen LogP contribution in [-0.4, -0.2) is 32.7 Å². The minimum absolute atomic E-state index is 0.0616. The molecule has 1 amide bonds. The Labute approximate surface area is 153 Å². The van der Waals surface area contributed by atoms with Gasteiger partial charge >= 0.3 is 0 Å². The van der Waals surface area contributed by atoms with E-state index >= 15 is 0 Å². The van der Waals surface area contributed by atoms with Crippen molar-refractivity contribution in [2.75, 3.05) is 6.54 Å². The van der Waals surface area contributed by atoms with E-state index in [0.717, 1.165) is 12.0 Å². The first-order valence-corrected chi connectivity index (χ1v) is 8.80. The van der Waals surface area contributed by atoms with Gasteiger partial charge in [0.15, 0.2) is 0 Å². The van der Waals surface area contributed by atoms with Crippen LogP contribution in [0.15, 0.2) is 54.6 Å². The Morgan fingerprint density at radius 2 is 1.81 bits per heavy atom. The van der Waals surface area contributed by atoms with Crippen LogP contribution >= 0.6 is 0 Å². The lowest BCUT2D eigenvalue weighted by Crippen LogP contribution is -2.30. The van der Waals surface area contributed by atoms with Crippen LogP contribution in [0, 0.1) is 0 Å². The zero-order valence-corrected chi connectivity index (χ0v) is 15.1. The smallest absolute Gasteiger partial charge is 0.243 e. The molecule has 0 aliphatic rings. The molecule has 1 heterocycles. The van der Waals surface area contributed by atoms with E-state index in [2.05, 4.69) is 58.8 Å². The summed E-state index contributed by atoms with van der Waals surface area (Å²) in [5, 5.41) is 15.1. The predicted octanol–water partition coefficient (Wildman–Crippen LogP) is 2.82. The van der Waals surface area contributed by atoms with Crippen molar-refractivity contribution < 1.29 is 4.79 Å². The Hall–Kier alpha value is -3.02. The molecule has 0 aliphatic carbocycles. The molecule has 0 bridgehead atoms. The SMILES string of the molecule is CC(C)c1ccc(CCNC(=O)Cn2nnc(-c3ccccc3)n2)cc1. The first kappa shape index (κ1) is 17.8. The third-order valence-corrected chi connectivity index (χ3v) is 4.15. The van der Waals surface area contributed by atoms with Crippen molar-refractivity contribution in [2.24, 2.45) is 0 Å². The molecule has 0 aliphatic heterocycles. The van der Waals surface area contributed by atoms with Gasteiger partial charge in [0.25, 0.3) is 0 Å². The molecule has 3 rings (SSSR count). The van der Waals surface area contributed by atoms with E-state index < -0.39 is 0 Å². The minimum atomic E-state index is -0.124. The summed E-state index contributed by atoms with van der Waals surface area (Å²) in [6.07, 6.45) is 0.796. The average molecular weight is 349 g/mol. The number of nitrogens with zero attached hydrogens (tertiary/aromatic N) is 4. The van der Waals surface area contributed by atoms with Crippen LogP contribution in [0.1, 0.15) is 30.9 Å². The highest BCUT2D eigenvalue weighted by Crippen LogP contribution is 2.14. The van der Waals surface area contributed by atoms with Crippen molar-refractivity contribution in [3.05, 3.63) is 65.7 Å². The molecule has 1 N–H and O–H groups in total. The van der Waals surface area contributed by atoms with Gasteiger partial charge in [-0.15, -0.1) is 10.2 Å². The molecule has 6 nitrogen and oxygen atoms in total. The summed E-state index contributed by atoms with van der Waals surface area (Å²) in [6, 6.07) is 18.1. The number of benzene rings is 2. The Bertz CT molecular complexity index is 840. The standard InChI is InChI=1S/C20H23N5O/c1-15(2)17-10-8-16(9-11-17)12-13-21-19(26)14-25-23-20(22-24-25)18-6-4-3-5-7-18/h3-11,15H,12-14H2,1-2H3,(H,21,26). The maximum Gasteiger partial charge on any atom is 0.243 e. The molecular weight excluding hydrogens is 326 g/mol. The van der Waals surface area contributed by atoms with Gasteiger partial charge in [-0.05, 0) is 28.7 Å². The topological polar surface area (TPSA) is 72.7 Å². The molecular formula is C20H23N5O. The van der Waals surface area contributed by atoms with Crippen LogP contribution in [0.5, 0.6) is 0 Å². The maximum absolute atomic E-state index is 12.1. The molecule has 0 fully saturated rings. The first-order valence-electron chi connectivity index (χ1n) is 8.80. The molecule has 2 aromatic carbocycles. The highest BCUT2D eigenvalue weighted by atomic mass is 16.2. The van der Waals surface area contributed by atoms with E-state index in [4.69, 9.17) is 0 Å². The molecule has 0 atom stereocenters. The third kappa shape index (κ3) is 4.75. The molecule has 0 saturated carbocycles. The van der Waals surface area contributed by atoms with Gasteiger partial charge in [-0.25, -0.2) is 0 Å². The van der Waals surface area contributed by atoms with E-state index in [1.54, 1.807) is 0 Å². The fourth-order valence-corrected chi connectivity index (χ4v) is 2.61. The van der Waals surface area contributed by atoms with Gasteiger partial charge < -0.3 is 5.32 Å². The predicted molar refractivity (Wildman–Crippen MR) is 100 cm³/mol. The summed E-state index contributed by atoms with van der Waals surface area (Å²) < 4.78 is 0. The summed E-state index contributed by atoms with van der Waals surface area (Å²) in [5.41, 5.74) is 3.41. The Morgan fingerprint density at radius 1 is 1.08 bits per heavy atom. The number of carbonyl (C=O) groups excluding carboxylic acids is 1. The molecule has 3 aromatic rings. The van der Waals surface area contributed by atoms with Crippen LogP contribution in [0.4, 0.5) is 0 Å². The lowest BCUT2D eigenvalue weighted by molar-refractivity contribution is -0.122. The highest BCUT2D eigenvalue weighted by molar-refractivity contribution is 5.75. The first-order chi connectivity index (χ1) is 12.6. The molecule has 6 heteroatoms. The highest BCUT2D eigenvalue weighted by Gasteiger charge is 2.08. The molecule has 1 aromatic heterocycles. The van der Waals surface area contributed by atoms with Crippen molar-refractivity contribution >= 4 is 5.91 Å². The summed E-state index contributed by atoms with van der Waals surface area (Å²) >= 11 is 0. The lowest BCUT2D eigenvalue weighted by atomic mass is 10.0. The fourth-order valence-electron chi connectivity index (χ4n) is 2.61. The Morgan fingerprint density at radius 3 is 2.50 bits per heavy atom. The van der Waals surface area contributed by atoms with Crippen molar-refractivity contribution in [1.82, 2.24) is 25.5 Å². The fraction of sp³-hybridized carbons (Fsp3) is 0.300. The lowest BCUT2D eigenvalue weighted by Gasteiger charge is -2.08. The summed E-state index contributed by atoms with van der Waals surface area (Å²) in [5.74, 6) is 0.921. The van der Waals surface area contributed by atoms with Gasteiger partial charge in [-0.3, -0.25) is 4.79 Å². The zero-order chi connectivity index (χ0) is 18.4. The second-order valence-corrected chi connectivity index (χ2v) is 6.51. The number of aromatic nitrogens is 4. The van der Waals surface area contributed by atoms with E-state index in [1.807, 2.05) is 30.3 Å². The van der Waals surface area contributed by atoms with Crippen molar-refractivity contribution in [2.45, 2.75) is 32.7 Å². The molecule has 134 valence electrons. The quantitative estimate of drug-likeness (QED) is 0.712. The van der Waals surface area contributed by atoms with Crippen molar-refractivity contribution in [1.29, 1.82) is 0 Å². The van der Waals surface area contributed by atoms with E-state index in [9.17, 15) is 4.79 Å². The van der Waals surface area contributed by atoms with E-state index in [0.29, 0.717) is 18.3 Å². The Kier molecular flexibility index (Phi) is 5.73. The molecule has 26 heavy (non-hydrogen) atoms. The molecule has 0 unspecified atom stereocenters. The summed E-state index contributed by atoms with van der Waals surface area (Å²) in [7, 11) is 0. The van der Waals surface area contributed by atoms with E-state index in [1.165, 1.54) is 15.9 Å². The summed E-state index contributed by atoms with van der Waals surface area (Å²) in [6.45, 7) is 5.00. The number of carbonyl (C=O) groups is 1. The van der Waals surface area contributed by atoms with Gasteiger partial charge in [0.05, 0.1) is 0 Å². The van der Waals surface area contributed by atoms with E-state index in [-0.39, 0.29) is 12.5 Å². The number of rotatable bonds is 7. The van der Waals surface area contributed by atoms with Crippen LogP contribution in [-0.2, 0) is 17.8 Å². The number of hydrogen-bond donors (Lipinski definition) is 1. The molecule has 0 saturated heterocycles. The van der Waals surface area contributed by atoms with Crippen molar-refractivity contribution in [3.8, 4) is 11.4 Å². The zero-order valence-electron chi connectivity index (χ0n) is 15.1. The molecule has 0 spiro atoms.